The van der Waals surface area contributed by atoms with Crippen molar-refractivity contribution in [1.82, 2.24) is 4.31 Å². The Morgan fingerprint density at radius 1 is 1.00 bits per heavy atom. The molecule has 1 aliphatic carbocycles. The van der Waals surface area contributed by atoms with Crippen molar-refractivity contribution in [2.24, 2.45) is 0 Å². The van der Waals surface area contributed by atoms with E-state index < -0.39 is 27.9 Å². The van der Waals surface area contributed by atoms with Crippen LogP contribution in [-0.2, 0) is 24.4 Å². The summed E-state index contributed by atoms with van der Waals surface area (Å²) >= 11 is 0. The molecule has 2 aromatic carbocycles. The van der Waals surface area contributed by atoms with Crippen molar-refractivity contribution in [3.05, 3.63) is 48.5 Å². The van der Waals surface area contributed by atoms with Crippen LogP contribution in [0.15, 0.2) is 53.4 Å². The van der Waals surface area contributed by atoms with Gasteiger partial charge in [-0.05, 0) is 61.4 Å². The first kappa shape index (κ1) is 24.9. The van der Waals surface area contributed by atoms with Crippen LogP contribution in [0.1, 0.15) is 45.4 Å². The van der Waals surface area contributed by atoms with Crippen molar-refractivity contribution in [3.8, 4) is 5.75 Å². The van der Waals surface area contributed by atoms with E-state index in [1.54, 1.807) is 24.3 Å². The third-order valence-corrected chi connectivity index (χ3v) is 8.42. The van der Waals surface area contributed by atoms with Crippen molar-refractivity contribution >= 4 is 39.1 Å². The molecule has 1 unspecified atom stereocenters. The summed E-state index contributed by atoms with van der Waals surface area (Å²) in [5.41, 5.74) is 0.849. The summed E-state index contributed by atoms with van der Waals surface area (Å²) in [6.45, 7) is 1.37. The molecule has 1 aliphatic heterocycles. The molecule has 0 bridgehead atoms. The topological polar surface area (TPSA) is 113 Å². The van der Waals surface area contributed by atoms with Crippen LogP contribution in [0.3, 0.4) is 0 Å². The zero-order chi connectivity index (χ0) is 25.2. The Morgan fingerprint density at radius 3 is 2.20 bits per heavy atom. The summed E-state index contributed by atoms with van der Waals surface area (Å²) in [5, 5.41) is 2.61. The number of carbonyl (C=O) groups is 3. The summed E-state index contributed by atoms with van der Waals surface area (Å²) in [5.74, 6) is -0.678. The fourth-order valence-electron chi connectivity index (χ4n) is 4.81. The lowest BCUT2D eigenvalue weighted by molar-refractivity contribution is -0.122. The Hall–Kier alpha value is -3.24. The molecule has 0 aromatic heterocycles. The van der Waals surface area contributed by atoms with Crippen molar-refractivity contribution < 1.29 is 27.5 Å². The number of rotatable bonds is 7. The first-order valence-corrected chi connectivity index (χ1v) is 13.1. The van der Waals surface area contributed by atoms with E-state index in [1.165, 1.54) is 42.6 Å². The highest BCUT2D eigenvalue weighted by Gasteiger charge is 2.49. The minimum Gasteiger partial charge on any atom is -0.497 e. The van der Waals surface area contributed by atoms with E-state index in [1.807, 2.05) is 0 Å². The van der Waals surface area contributed by atoms with Gasteiger partial charge in [-0.2, -0.15) is 4.31 Å². The zero-order valence-corrected chi connectivity index (χ0v) is 20.6. The van der Waals surface area contributed by atoms with Crippen LogP contribution in [-0.4, -0.2) is 49.6 Å². The summed E-state index contributed by atoms with van der Waals surface area (Å²) in [7, 11) is -2.58. The molecule has 2 fully saturated rings. The van der Waals surface area contributed by atoms with Crippen LogP contribution < -0.4 is 15.0 Å². The Labute approximate surface area is 205 Å². The Morgan fingerprint density at radius 2 is 1.63 bits per heavy atom. The van der Waals surface area contributed by atoms with Gasteiger partial charge in [0, 0.05) is 18.7 Å². The highest BCUT2D eigenvalue weighted by atomic mass is 32.2. The minimum atomic E-state index is -4.10. The number of amides is 3. The van der Waals surface area contributed by atoms with E-state index in [9.17, 15) is 22.8 Å². The van der Waals surface area contributed by atoms with Crippen LogP contribution in [0.5, 0.6) is 5.75 Å². The van der Waals surface area contributed by atoms with Gasteiger partial charge in [0.1, 0.15) is 11.8 Å². The Kier molecular flexibility index (Phi) is 7.23. The molecular formula is C25H29N3O6S. The first-order valence-electron chi connectivity index (χ1n) is 11.6. The Bertz CT molecular complexity index is 1200. The first-order chi connectivity index (χ1) is 16.7. The van der Waals surface area contributed by atoms with Crippen LogP contribution in [0, 0.1) is 0 Å². The molecule has 9 nitrogen and oxygen atoms in total. The predicted octanol–water partition coefficient (Wildman–Crippen LogP) is 3.31. The summed E-state index contributed by atoms with van der Waals surface area (Å²) in [4.78, 5) is 38.9. The fourth-order valence-corrected chi connectivity index (χ4v) is 6.63. The molecular weight excluding hydrogens is 470 g/mol. The minimum absolute atomic E-state index is 0.0142. The molecule has 3 amide bonds. The molecule has 0 spiro atoms. The lowest BCUT2D eigenvalue weighted by Gasteiger charge is -2.36. The van der Waals surface area contributed by atoms with Crippen molar-refractivity contribution in [1.29, 1.82) is 0 Å². The van der Waals surface area contributed by atoms with E-state index in [4.69, 9.17) is 4.74 Å². The molecule has 2 aromatic rings. The second-order valence-corrected chi connectivity index (χ2v) is 10.7. The van der Waals surface area contributed by atoms with Gasteiger partial charge in [-0.15, -0.1) is 0 Å². The molecule has 0 radical (unpaired) electrons. The molecule has 1 atom stereocenters. The largest absolute Gasteiger partial charge is 0.497 e. The average molecular weight is 500 g/mol. The third-order valence-electron chi connectivity index (χ3n) is 6.45. The molecule has 1 saturated carbocycles. The fraction of sp³-hybridized carbons (Fsp3) is 0.400. The third kappa shape index (κ3) is 5.08. The number of nitrogens with one attached hydrogen (secondary N) is 1. The average Bonchev–Trinajstić information content (AvgIpc) is 3.13. The van der Waals surface area contributed by atoms with Gasteiger partial charge in [0.2, 0.25) is 21.8 Å². The second-order valence-electron chi connectivity index (χ2n) is 8.82. The summed E-state index contributed by atoms with van der Waals surface area (Å²) in [6, 6.07) is 10.9. The standard InChI is InChI=1S/C25H29N3O6S/c1-17(29)26-18-8-14-22(15-9-18)35(32,33)28(20-6-4-3-5-7-20)23-16-24(30)27(25(23)31)19-10-12-21(34-2)13-11-19/h8-15,20,23H,3-7,16H2,1-2H3,(H,26,29). The van der Waals surface area contributed by atoms with Gasteiger partial charge in [-0.1, -0.05) is 19.3 Å². The number of nitrogens with zero attached hydrogens (tertiary/aromatic N) is 2. The van der Waals surface area contributed by atoms with Crippen LogP contribution in [0.4, 0.5) is 11.4 Å². The number of ether oxygens (including phenoxy) is 1. The number of hydrogen-bond acceptors (Lipinski definition) is 6. The molecule has 10 heteroatoms. The highest BCUT2D eigenvalue weighted by Crippen LogP contribution is 2.35. The quantitative estimate of drug-likeness (QED) is 0.585. The number of benzene rings is 2. The molecule has 2 aliphatic rings. The maximum Gasteiger partial charge on any atom is 0.252 e. The monoisotopic (exact) mass is 499 g/mol. The van der Waals surface area contributed by atoms with Crippen LogP contribution >= 0.6 is 0 Å². The van der Waals surface area contributed by atoms with Crippen LogP contribution in [0.2, 0.25) is 0 Å². The zero-order valence-electron chi connectivity index (χ0n) is 19.8. The highest BCUT2D eigenvalue weighted by molar-refractivity contribution is 7.89. The van der Waals surface area contributed by atoms with Gasteiger partial charge in [0.05, 0.1) is 24.1 Å². The summed E-state index contributed by atoms with van der Waals surface area (Å²) < 4.78 is 34.2. The van der Waals surface area contributed by atoms with E-state index >= 15 is 0 Å². The van der Waals surface area contributed by atoms with Crippen LogP contribution in [0.25, 0.3) is 0 Å². The SMILES string of the molecule is COc1ccc(N2C(=O)CC(N(C3CCCCC3)S(=O)(=O)c3ccc(NC(C)=O)cc3)C2=O)cc1. The van der Waals surface area contributed by atoms with Gasteiger partial charge in [0.25, 0.3) is 5.91 Å². The van der Waals surface area contributed by atoms with Crippen molar-refractivity contribution in [2.45, 2.75) is 62.4 Å². The normalized spacial score (nSPS) is 19.3. The van der Waals surface area contributed by atoms with Crippen molar-refractivity contribution in [2.75, 3.05) is 17.3 Å². The molecule has 1 N–H and O–H groups in total. The van der Waals surface area contributed by atoms with Gasteiger partial charge in [-0.25, -0.2) is 13.3 Å². The lowest BCUT2D eigenvalue weighted by atomic mass is 9.94. The molecule has 1 heterocycles. The molecule has 35 heavy (non-hydrogen) atoms. The number of sulfonamides is 1. The maximum absolute atomic E-state index is 13.9. The van der Waals surface area contributed by atoms with Gasteiger partial charge in [0.15, 0.2) is 0 Å². The lowest BCUT2D eigenvalue weighted by Crippen LogP contribution is -2.51. The predicted molar refractivity (Wildman–Crippen MR) is 131 cm³/mol. The molecule has 4 rings (SSSR count). The van der Waals surface area contributed by atoms with E-state index in [-0.39, 0.29) is 23.3 Å². The Balaban J connectivity index is 1.69. The van der Waals surface area contributed by atoms with Gasteiger partial charge < -0.3 is 10.1 Å². The van der Waals surface area contributed by atoms with Crippen molar-refractivity contribution in [3.63, 3.8) is 0 Å². The number of methoxy groups -OCH3 is 1. The smallest absolute Gasteiger partial charge is 0.252 e. The number of carbonyl (C=O) groups excluding carboxylic acids is 3. The van der Waals surface area contributed by atoms with E-state index in [2.05, 4.69) is 5.32 Å². The van der Waals surface area contributed by atoms with E-state index in [0.29, 0.717) is 30.0 Å². The van der Waals surface area contributed by atoms with Gasteiger partial charge >= 0.3 is 0 Å². The molecule has 1 saturated heterocycles. The maximum atomic E-state index is 13.9. The summed E-state index contributed by atoms with van der Waals surface area (Å²) in [6.07, 6.45) is 3.76. The second kappa shape index (κ2) is 10.2. The number of imide groups is 1. The van der Waals surface area contributed by atoms with E-state index in [0.717, 1.165) is 24.2 Å². The number of anilines is 2. The van der Waals surface area contributed by atoms with Gasteiger partial charge in [-0.3, -0.25) is 14.4 Å². The molecule has 186 valence electrons. The number of hydrogen-bond donors (Lipinski definition) is 1.